The van der Waals surface area contributed by atoms with Gasteiger partial charge in [-0.2, -0.15) is 13.2 Å². The molecule has 1 aliphatic heterocycles. The van der Waals surface area contributed by atoms with Crippen molar-refractivity contribution in [1.82, 2.24) is 30.2 Å². The number of aromatic nitrogens is 4. The lowest BCUT2D eigenvalue weighted by molar-refractivity contribution is -0.173. The standard InChI is InChI=1S/C19H26F3N7O4/c20-19(21,22)17(31)23-7-3-1-2-4-8-24-18(32)28-15-14-16(26-10-25-15)29(11-27-14)13-6-5-12(9-30)33-13/h10-13,30H,1-9H2,(H,23,31)(H2,24,25,26,28,32)/t12-,13+/m0/s1. The summed E-state index contributed by atoms with van der Waals surface area (Å²) in [5.74, 6) is -1.69. The van der Waals surface area contributed by atoms with Crippen molar-refractivity contribution in [3.63, 3.8) is 0 Å². The number of hydrogen-bond acceptors (Lipinski definition) is 7. The summed E-state index contributed by atoms with van der Waals surface area (Å²) in [6.45, 7) is 0.261. The molecule has 2 aromatic heterocycles. The molecule has 3 amide bonds. The van der Waals surface area contributed by atoms with Crippen molar-refractivity contribution in [2.75, 3.05) is 25.0 Å². The molecule has 33 heavy (non-hydrogen) atoms. The van der Waals surface area contributed by atoms with Gasteiger partial charge < -0.3 is 20.5 Å². The number of anilines is 1. The van der Waals surface area contributed by atoms with Crippen LogP contribution in [0.4, 0.5) is 23.8 Å². The fourth-order valence-electron chi connectivity index (χ4n) is 3.44. The van der Waals surface area contributed by atoms with Gasteiger partial charge in [-0.1, -0.05) is 12.8 Å². The molecule has 0 radical (unpaired) electrons. The Hall–Kier alpha value is -3.00. The Morgan fingerprint density at radius 2 is 1.82 bits per heavy atom. The minimum Gasteiger partial charge on any atom is -0.394 e. The number of halogens is 3. The van der Waals surface area contributed by atoms with Crippen LogP contribution < -0.4 is 16.0 Å². The fraction of sp³-hybridized carbons (Fsp3) is 0.632. The molecule has 0 bridgehead atoms. The summed E-state index contributed by atoms with van der Waals surface area (Å²) in [6.07, 6.45) is 1.25. The van der Waals surface area contributed by atoms with Crippen molar-refractivity contribution in [2.45, 2.75) is 57.0 Å². The fourth-order valence-corrected chi connectivity index (χ4v) is 3.44. The van der Waals surface area contributed by atoms with E-state index < -0.39 is 18.1 Å². The van der Waals surface area contributed by atoms with Crippen LogP contribution in [-0.4, -0.2) is 68.5 Å². The second-order valence-electron chi connectivity index (χ2n) is 7.57. The molecule has 0 aromatic carbocycles. The van der Waals surface area contributed by atoms with Crippen molar-refractivity contribution >= 4 is 28.9 Å². The molecule has 1 aliphatic rings. The van der Waals surface area contributed by atoms with Crippen LogP contribution >= 0.6 is 0 Å². The Morgan fingerprint density at radius 1 is 1.09 bits per heavy atom. The van der Waals surface area contributed by atoms with Crippen molar-refractivity contribution in [1.29, 1.82) is 0 Å². The van der Waals surface area contributed by atoms with Gasteiger partial charge in [0.05, 0.1) is 19.0 Å². The lowest BCUT2D eigenvalue weighted by atomic mass is 10.2. The number of ether oxygens (including phenoxy) is 1. The van der Waals surface area contributed by atoms with E-state index in [1.54, 1.807) is 10.9 Å². The molecule has 0 aliphatic carbocycles. The topological polar surface area (TPSA) is 143 Å². The Balaban J connectivity index is 1.38. The van der Waals surface area contributed by atoms with E-state index in [9.17, 15) is 27.9 Å². The van der Waals surface area contributed by atoms with Crippen LogP contribution in [0.3, 0.4) is 0 Å². The number of amides is 3. The lowest BCUT2D eigenvalue weighted by Gasteiger charge is -2.14. The van der Waals surface area contributed by atoms with Crippen LogP contribution in [0.15, 0.2) is 12.7 Å². The Morgan fingerprint density at radius 3 is 2.48 bits per heavy atom. The third-order valence-electron chi connectivity index (χ3n) is 5.12. The Kier molecular flexibility index (Phi) is 8.38. The highest BCUT2D eigenvalue weighted by molar-refractivity contribution is 5.95. The molecular weight excluding hydrogens is 447 g/mol. The normalized spacial score (nSPS) is 18.4. The molecule has 14 heteroatoms. The van der Waals surface area contributed by atoms with Gasteiger partial charge in [0.1, 0.15) is 12.6 Å². The largest absolute Gasteiger partial charge is 0.471 e. The van der Waals surface area contributed by atoms with Crippen molar-refractivity contribution in [3.05, 3.63) is 12.7 Å². The number of imidazole rings is 1. The zero-order valence-corrected chi connectivity index (χ0v) is 17.8. The highest BCUT2D eigenvalue weighted by Crippen LogP contribution is 2.31. The van der Waals surface area contributed by atoms with Crippen molar-refractivity contribution < 1.29 is 32.6 Å². The van der Waals surface area contributed by atoms with Crippen LogP contribution in [-0.2, 0) is 9.53 Å². The predicted molar refractivity (Wildman–Crippen MR) is 110 cm³/mol. The zero-order chi connectivity index (χ0) is 23.8. The molecule has 0 unspecified atom stereocenters. The molecule has 2 aromatic rings. The zero-order valence-electron chi connectivity index (χ0n) is 17.8. The van der Waals surface area contributed by atoms with Crippen LogP contribution in [0, 0.1) is 0 Å². The summed E-state index contributed by atoms with van der Waals surface area (Å²) in [5.41, 5.74) is 0.908. The first-order valence-electron chi connectivity index (χ1n) is 10.6. The lowest BCUT2D eigenvalue weighted by Crippen LogP contribution is -2.37. The van der Waals surface area contributed by atoms with Gasteiger partial charge in [0.2, 0.25) is 0 Å². The van der Waals surface area contributed by atoms with E-state index in [1.807, 2.05) is 5.32 Å². The maximum atomic E-state index is 12.2. The number of aliphatic hydroxyl groups excluding tert-OH is 1. The number of nitrogens with one attached hydrogen (secondary N) is 3. The number of rotatable bonds is 10. The minimum absolute atomic E-state index is 0.0465. The summed E-state index contributed by atoms with van der Waals surface area (Å²) < 4.78 is 43.7. The van der Waals surface area contributed by atoms with Gasteiger partial charge in [-0.3, -0.25) is 14.7 Å². The van der Waals surface area contributed by atoms with E-state index in [0.717, 1.165) is 6.42 Å². The third-order valence-corrected chi connectivity index (χ3v) is 5.12. The molecule has 3 heterocycles. The molecule has 0 spiro atoms. The SMILES string of the molecule is O=C(NCCCCCCNC(=O)C(F)(F)F)Nc1ncnc2c1ncn2[C@H]1CC[C@@H](CO)O1. The second-order valence-corrected chi connectivity index (χ2v) is 7.57. The number of fused-ring (bicyclic) bond motifs is 1. The smallest absolute Gasteiger partial charge is 0.394 e. The number of nitrogens with zero attached hydrogens (tertiary/aromatic N) is 4. The number of carbonyl (C=O) groups excluding carboxylic acids is 2. The third kappa shape index (κ3) is 6.74. The summed E-state index contributed by atoms with van der Waals surface area (Å²) in [6, 6.07) is -0.473. The van der Waals surface area contributed by atoms with Crippen molar-refractivity contribution in [3.8, 4) is 0 Å². The van der Waals surface area contributed by atoms with Crippen LogP contribution in [0.2, 0.25) is 0 Å². The molecule has 182 valence electrons. The van der Waals surface area contributed by atoms with E-state index in [2.05, 4.69) is 25.6 Å². The predicted octanol–water partition coefficient (Wildman–Crippen LogP) is 1.86. The summed E-state index contributed by atoms with van der Waals surface area (Å²) >= 11 is 0. The second kappa shape index (κ2) is 11.2. The van der Waals surface area contributed by atoms with Gasteiger partial charge in [0.15, 0.2) is 17.0 Å². The van der Waals surface area contributed by atoms with E-state index in [1.165, 1.54) is 6.33 Å². The molecule has 2 atom stereocenters. The number of alkyl halides is 3. The highest BCUT2D eigenvalue weighted by atomic mass is 19.4. The highest BCUT2D eigenvalue weighted by Gasteiger charge is 2.38. The number of urea groups is 1. The summed E-state index contributed by atoms with van der Waals surface area (Å²) in [5, 5.41) is 16.4. The van der Waals surface area contributed by atoms with E-state index >= 15 is 0 Å². The van der Waals surface area contributed by atoms with E-state index in [4.69, 9.17) is 4.74 Å². The molecule has 4 N–H and O–H groups in total. The van der Waals surface area contributed by atoms with Gasteiger partial charge in [0, 0.05) is 13.1 Å². The van der Waals surface area contributed by atoms with Gasteiger partial charge in [-0.25, -0.2) is 19.7 Å². The number of unbranched alkanes of at least 4 members (excludes halogenated alkanes) is 3. The first-order chi connectivity index (χ1) is 15.8. The van der Waals surface area contributed by atoms with Gasteiger partial charge in [0.25, 0.3) is 0 Å². The first-order valence-corrected chi connectivity index (χ1v) is 10.6. The molecule has 11 nitrogen and oxygen atoms in total. The van der Waals surface area contributed by atoms with Crippen LogP contribution in [0.5, 0.6) is 0 Å². The maximum Gasteiger partial charge on any atom is 0.471 e. The van der Waals surface area contributed by atoms with Gasteiger partial charge >= 0.3 is 18.1 Å². The maximum absolute atomic E-state index is 12.2. The summed E-state index contributed by atoms with van der Waals surface area (Å²) in [7, 11) is 0. The van der Waals surface area contributed by atoms with Crippen molar-refractivity contribution in [2.24, 2.45) is 0 Å². The van der Waals surface area contributed by atoms with Gasteiger partial charge in [-0.05, 0) is 25.7 Å². The van der Waals surface area contributed by atoms with Crippen LogP contribution in [0.25, 0.3) is 11.2 Å². The van der Waals surface area contributed by atoms with E-state index in [-0.39, 0.29) is 31.3 Å². The van der Waals surface area contributed by atoms with E-state index in [0.29, 0.717) is 49.8 Å². The monoisotopic (exact) mass is 473 g/mol. The molecule has 0 saturated carbocycles. The average Bonchev–Trinajstić information content (AvgIpc) is 3.42. The Labute approximate surface area is 187 Å². The van der Waals surface area contributed by atoms with Gasteiger partial charge in [-0.15, -0.1) is 0 Å². The summed E-state index contributed by atoms with van der Waals surface area (Å²) in [4.78, 5) is 35.4. The number of hydrogen-bond donors (Lipinski definition) is 4. The Bertz CT molecular complexity index is 953. The van der Waals surface area contributed by atoms with Crippen LogP contribution in [0.1, 0.15) is 44.8 Å². The molecular formula is C19H26F3N7O4. The minimum atomic E-state index is -4.86. The quantitative estimate of drug-likeness (QED) is 0.386. The molecule has 1 saturated heterocycles. The molecule has 1 fully saturated rings. The number of aliphatic hydroxyl groups is 1. The first kappa shape index (κ1) is 24.6. The number of carbonyl (C=O) groups is 2. The molecule has 3 rings (SSSR count). The average molecular weight is 473 g/mol.